The minimum atomic E-state index is -0.114. The zero-order valence-electron chi connectivity index (χ0n) is 29.3. The molecule has 2 heterocycles. The lowest BCUT2D eigenvalue weighted by Gasteiger charge is -2.22. The highest BCUT2D eigenvalue weighted by molar-refractivity contribution is 5.88. The lowest BCUT2D eigenvalue weighted by atomic mass is 9.82. The Labute approximate surface area is 299 Å². The highest BCUT2D eigenvalue weighted by Crippen LogP contribution is 2.51. The minimum absolute atomic E-state index is 0.101. The molecular formula is C48H37N3. The van der Waals surface area contributed by atoms with Gasteiger partial charge in [-0.25, -0.2) is 9.97 Å². The van der Waals surface area contributed by atoms with Crippen LogP contribution >= 0.6 is 0 Å². The van der Waals surface area contributed by atoms with Gasteiger partial charge in [-0.05, 0) is 67.8 Å². The van der Waals surface area contributed by atoms with Crippen molar-refractivity contribution in [1.82, 2.24) is 14.4 Å². The molecule has 2 aliphatic carbocycles. The molecule has 2 aromatic heterocycles. The molecule has 0 fully saturated rings. The molecule has 3 heteroatoms. The summed E-state index contributed by atoms with van der Waals surface area (Å²) >= 11 is 0. The Morgan fingerprint density at radius 2 is 0.941 bits per heavy atom. The summed E-state index contributed by atoms with van der Waals surface area (Å²) in [6.07, 6.45) is 4.17. The van der Waals surface area contributed by atoms with Gasteiger partial charge in [0, 0.05) is 33.7 Å². The predicted molar refractivity (Wildman–Crippen MR) is 210 cm³/mol. The van der Waals surface area contributed by atoms with Gasteiger partial charge in [0.05, 0.1) is 17.6 Å². The van der Waals surface area contributed by atoms with Gasteiger partial charge in [0.25, 0.3) is 0 Å². The molecule has 8 aromatic rings. The maximum Gasteiger partial charge on any atom is 0.164 e. The van der Waals surface area contributed by atoms with Crippen LogP contribution in [0.1, 0.15) is 49.9 Å². The van der Waals surface area contributed by atoms with Gasteiger partial charge in [0.2, 0.25) is 0 Å². The van der Waals surface area contributed by atoms with E-state index in [-0.39, 0.29) is 10.8 Å². The molecule has 6 aromatic carbocycles. The predicted octanol–water partition coefficient (Wildman–Crippen LogP) is 12.0. The molecule has 0 saturated carbocycles. The fraction of sp³-hybridized carbons (Fsp3) is 0.125. The SMILES string of the molecule is CC1(C)c2ccccc2-c2ccc(-c3cn4c(-c5ccc(-c6ccccc6)cc5)cnc4c(-c4ccc5c(c4)C(C)(C)c4ccccc4-5)n3)cc21. The van der Waals surface area contributed by atoms with Crippen molar-refractivity contribution in [3.8, 4) is 67.2 Å². The number of hydrogen-bond donors (Lipinski definition) is 0. The average molecular weight is 656 g/mol. The number of fused-ring (bicyclic) bond motifs is 7. The molecule has 0 bridgehead atoms. The van der Waals surface area contributed by atoms with Crippen LogP contribution in [-0.2, 0) is 10.8 Å². The van der Waals surface area contributed by atoms with Crippen LogP contribution in [0.15, 0.2) is 152 Å². The summed E-state index contributed by atoms with van der Waals surface area (Å²) in [5, 5.41) is 0. The van der Waals surface area contributed by atoms with E-state index in [1.165, 1.54) is 55.6 Å². The monoisotopic (exact) mass is 655 g/mol. The second kappa shape index (κ2) is 10.7. The molecule has 0 atom stereocenters. The van der Waals surface area contributed by atoms with Crippen molar-refractivity contribution < 1.29 is 0 Å². The molecule has 10 rings (SSSR count). The van der Waals surface area contributed by atoms with E-state index < -0.39 is 0 Å². The molecule has 51 heavy (non-hydrogen) atoms. The first-order chi connectivity index (χ1) is 24.8. The van der Waals surface area contributed by atoms with Gasteiger partial charge in [-0.2, -0.15) is 0 Å². The highest BCUT2D eigenvalue weighted by atomic mass is 15.0. The molecular weight excluding hydrogens is 619 g/mol. The average Bonchev–Trinajstić information content (AvgIpc) is 3.78. The molecule has 2 aliphatic rings. The van der Waals surface area contributed by atoms with Crippen LogP contribution in [0, 0.1) is 0 Å². The Hall–Kier alpha value is -6.06. The van der Waals surface area contributed by atoms with E-state index >= 15 is 0 Å². The number of benzene rings is 6. The van der Waals surface area contributed by atoms with Crippen LogP contribution in [0.5, 0.6) is 0 Å². The molecule has 0 aliphatic heterocycles. The van der Waals surface area contributed by atoms with Crippen molar-refractivity contribution in [3.63, 3.8) is 0 Å². The van der Waals surface area contributed by atoms with Crippen molar-refractivity contribution >= 4 is 5.65 Å². The van der Waals surface area contributed by atoms with E-state index in [0.29, 0.717) is 0 Å². The van der Waals surface area contributed by atoms with Crippen molar-refractivity contribution in [2.45, 2.75) is 38.5 Å². The highest BCUT2D eigenvalue weighted by Gasteiger charge is 2.37. The summed E-state index contributed by atoms with van der Waals surface area (Å²) < 4.78 is 2.25. The van der Waals surface area contributed by atoms with Gasteiger partial charge in [-0.3, -0.25) is 4.40 Å². The van der Waals surface area contributed by atoms with Crippen molar-refractivity contribution in [2.75, 3.05) is 0 Å². The number of hydrogen-bond acceptors (Lipinski definition) is 2. The van der Waals surface area contributed by atoms with Gasteiger partial charge in [0.15, 0.2) is 5.65 Å². The Balaban J connectivity index is 1.16. The van der Waals surface area contributed by atoms with E-state index in [0.717, 1.165) is 39.4 Å². The Morgan fingerprint density at radius 3 is 1.59 bits per heavy atom. The van der Waals surface area contributed by atoms with Crippen LogP contribution < -0.4 is 0 Å². The second-order valence-corrected chi connectivity index (χ2v) is 15.1. The minimum Gasteiger partial charge on any atom is -0.296 e. The fourth-order valence-electron chi connectivity index (χ4n) is 8.71. The van der Waals surface area contributed by atoms with E-state index in [2.05, 4.69) is 178 Å². The van der Waals surface area contributed by atoms with Gasteiger partial charge in [0.1, 0.15) is 5.69 Å². The molecule has 0 N–H and O–H groups in total. The maximum absolute atomic E-state index is 5.46. The standard InChI is InChI=1S/C48H37N3/c1-47(2)39-16-10-8-14-35(39)37-24-22-33(26-41(37)47)43-29-51-44(32-20-18-31(19-21-32)30-12-6-5-7-13-30)28-49-46(51)45(50-43)34-23-25-38-36-15-9-11-17-40(36)48(3,4)42(38)27-34/h5-29H,1-4H3. The van der Waals surface area contributed by atoms with Crippen LogP contribution in [0.25, 0.3) is 72.8 Å². The first-order valence-corrected chi connectivity index (χ1v) is 17.8. The Bertz CT molecular complexity index is 2680. The second-order valence-electron chi connectivity index (χ2n) is 15.1. The van der Waals surface area contributed by atoms with Gasteiger partial charge in [-0.15, -0.1) is 0 Å². The van der Waals surface area contributed by atoms with Crippen molar-refractivity contribution in [2.24, 2.45) is 0 Å². The van der Waals surface area contributed by atoms with E-state index in [9.17, 15) is 0 Å². The number of rotatable bonds is 4. The molecule has 0 spiro atoms. The fourth-order valence-corrected chi connectivity index (χ4v) is 8.71. The van der Waals surface area contributed by atoms with Gasteiger partial charge >= 0.3 is 0 Å². The summed E-state index contributed by atoms with van der Waals surface area (Å²) in [5.41, 5.74) is 19.8. The first-order valence-electron chi connectivity index (χ1n) is 17.8. The quantitative estimate of drug-likeness (QED) is 0.189. The number of nitrogens with zero attached hydrogens (tertiary/aromatic N) is 3. The topological polar surface area (TPSA) is 30.2 Å². The Morgan fingerprint density at radius 1 is 0.451 bits per heavy atom. The van der Waals surface area contributed by atoms with Crippen molar-refractivity contribution in [3.05, 3.63) is 174 Å². The van der Waals surface area contributed by atoms with Crippen LogP contribution in [0.2, 0.25) is 0 Å². The normalized spacial score (nSPS) is 14.6. The summed E-state index contributed by atoms with van der Waals surface area (Å²) in [6.45, 7) is 9.33. The van der Waals surface area contributed by atoms with Crippen LogP contribution in [-0.4, -0.2) is 14.4 Å². The summed E-state index contributed by atoms with van der Waals surface area (Å²) in [7, 11) is 0. The van der Waals surface area contributed by atoms with E-state index in [4.69, 9.17) is 9.97 Å². The lowest BCUT2D eigenvalue weighted by molar-refractivity contribution is 0.660. The first kappa shape index (κ1) is 29.8. The number of imidazole rings is 1. The third-order valence-corrected chi connectivity index (χ3v) is 11.5. The number of aromatic nitrogens is 3. The zero-order chi connectivity index (χ0) is 34.5. The smallest absolute Gasteiger partial charge is 0.164 e. The lowest BCUT2D eigenvalue weighted by Crippen LogP contribution is -2.15. The Kier molecular flexibility index (Phi) is 6.27. The van der Waals surface area contributed by atoms with Gasteiger partial charge in [-0.1, -0.05) is 155 Å². The molecule has 244 valence electrons. The van der Waals surface area contributed by atoms with E-state index in [1.54, 1.807) is 0 Å². The summed E-state index contributed by atoms with van der Waals surface area (Å²) in [6, 6.07) is 50.7. The molecule has 0 amide bonds. The molecule has 0 unspecified atom stereocenters. The third kappa shape index (κ3) is 4.37. The zero-order valence-corrected chi connectivity index (χ0v) is 29.3. The van der Waals surface area contributed by atoms with Crippen LogP contribution in [0.3, 0.4) is 0 Å². The van der Waals surface area contributed by atoms with Crippen LogP contribution in [0.4, 0.5) is 0 Å². The van der Waals surface area contributed by atoms with Gasteiger partial charge < -0.3 is 0 Å². The molecule has 0 saturated heterocycles. The maximum atomic E-state index is 5.46. The summed E-state index contributed by atoms with van der Waals surface area (Å²) in [4.78, 5) is 10.5. The largest absolute Gasteiger partial charge is 0.296 e. The third-order valence-electron chi connectivity index (χ3n) is 11.5. The molecule has 0 radical (unpaired) electrons. The van der Waals surface area contributed by atoms with E-state index in [1.807, 2.05) is 6.20 Å². The van der Waals surface area contributed by atoms with Crippen molar-refractivity contribution in [1.29, 1.82) is 0 Å². The summed E-state index contributed by atoms with van der Waals surface area (Å²) in [5.74, 6) is 0. The molecule has 3 nitrogen and oxygen atoms in total.